The summed E-state index contributed by atoms with van der Waals surface area (Å²) < 4.78 is 5.23. The number of rotatable bonds is 4. The van der Waals surface area contributed by atoms with Gasteiger partial charge >= 0.3 is 0 Å². The average molecular weight is 268 g/mol. The van der Waals surface area contributed by atoms with Gasteiger partial charge < -0.3 is 10.1 Å². The third kappa shape index (κ3) is 3.31. The summed E-state index contributed by atoms with van der Waals surface area (Å²) in [5.41, 5.74) is 0.534. The minimum absolute atomic E-state index is 0.0136. The molecule has 1 unspecified atom stereocenters. The molecular weight excluding hydrogens is 254 g/mol. The minimum atomic E-state index is -0.400. The Morgan fingerprint density at radius 3 is 2.67 bits per heavy atom. The van der Waals surface area contributed by atoms with Crippen molar-refractivity contribution in [2.24, 2.45) is 0 Å². The third-order valence-electron chi connectivity index (χ3n) is 2.81. The van der Waals surface area contributed by atoms with Gasteiger partial charge in [0.2, 0.25) is 5.91 Å². The highest BCUT2D eigenvalue weighted by molar-refractivity contribution is 6.30. The molecule has 96 valence electrons. The summed E-state index contributed by atoms with van der Waals surface area (Å²) in [6.07, 6.45) is 1.22. The molecule has 0 bridgehead atoms. The number of halogens is 1. The summed E-state index contributed by atoms with van der Waals surface area (Å²) in [6, 6.07) is 6.58. The van der Waals surface area contributed by atoms with Crippen molar-refractivity contribution in [3.05, 3.63) is 34.9 Å². The van der Waals surface area contributed by atoms with Crippen molar-refractivity contribution in [3.8, 4) is 0 Å². The highest BCUT2D eigenvalue weighted by atomic mass is 35.5. The molecule has 18 heavy (non-hydrogen) atoms. The highest BCUT2D eigenvalue weighted by Gasteiger charge is 2.23. The van der Waals surface area contributed by atoms with Crippen molar-refractivity contribution in [1.82, 2.24) is 5.32 Å². The second-order valence-corrected chi connectivity index (χ2v) is 4.59. The molecule has 1 aromatic carbocycles. The summed E-state index contributed by atoms with van der Waals surface area (Å²) in [6.45, 7) is 0.601. The first-order valence-electron chi connectivity index (χ1n) is 5.85. The normalized spacial score (nSPS) is 18.6. The molecule has 1 N–H and O–H groups in total. The smallest absolute Gasteiger partial charge is 0.249 e. The summed E-state index contributed by atoms with van der Waals surface area (Å²) in [5.74, 6) is -0.354. The van der Waals surface area contributed by atoms with Gasteiger partial charge in [0.25, 0.3) is 0 Å². The summed E-state index contributed by atoms with van der Waals surface area (Å²) >= 11 is 5.73. The van der Waals surface area contributed by atoms with E-state index >= 15 is 0 Å². The van der Waals surface area contributed by atoms with E-state index in [9.17, 15) is 9.59 Å². The fourth-order valence-corrected chi connectivity index (χ4v) is 1.93. The van der Waals surface area contributed by atoms with Crippen molar-refractivity contribution in [3.63, 3.8) is 0 Å². The molecule has 1 heterocycles. The number of hydrogen-bond donors (Lipinski definition) is 1. The van der Waals surface area contributed by atoms with Gasteiger partial charge in [-0.3, -0.25) is 9.59 Å². The van der Waals surface area contributed by atoms with Gasteiger partial charge in [0.05, 0.1) is 6.54 Å². The van der Waals surface area contributed by atoms with Crippen LogP contribution >= 0.6 is 11.6 Å². The van der Waals surface area contributed by atoms with Crippen molar-refractivity contribution < 1.29 is 14.3 Å². The average Bonchev–Trinajstić information content (AvgIpc) is 2.90. The topological polar surface area (TPSA) is 55.4 Å². The summed E-state index contributed by atoms with van der Waals surface area (Å²) in [7, 11) is 0. The van der Waals surface area contributed by atoms with Crippen LogP contribution in [0.25, 0.3) is 0 Å². The van der Waals surface area contributed by atoms with E-state index in [1.165, 1.54) is 0 Å². The van der Waals surface area contributed by atoms with Gasteiger partial charge in [0.1, 0.15) is 6.10 Å². The number of carbonyl (C=O) groups is 2. The molecule has 1 aromatic rings. The van der Waals surface area contributed by atoms with Crippen LogP contribution in [0.3, 0.4) is 0 Å². The quantitative estimate of drug-likeness (QED) is 0.847. The van der Waals surface area contributed by atoms with E-state index in [4.69, 9.17) is 16.3 Å². The van der Waals surface area contributed by atoms with Gasteiger partial charge in [0.15, 0.2) is 5.78 Å². The predicted molar refractivity (Wildman–Crippen MR) is 67.8 cm³/mol. The zero-order valence-electron chi connectivity index (χ0n) is 9.82. The number of ether oxygens (including phenoxy) is 1. The van der Waals surface area contributed by atoms with E-state index < -0.39 is 6.10 Å². The van der Waals surface area contributed by atoms with Crippen LogP contribution in [0.1, 0.15) is 23.2 Å². The number of hydrogen-bond acceptors (Lipinski definition) is 3. The standard InChI is InChI=1S/C13H14ClNO3/c14-10-5-3-9(4-6-10)11(16)8-15-13(17)12-2-1-7-18-12/h3-6,12H,1-2,7-8H2,(H,15,17). The van der Waals surface area contributed by atoms with E-state index in [0.717, 1.165) is 12.8 Å². The largest absolute Gasteiger partial charge is 0.368 e. The van der Waals surface area contributed by atoms with Crippen LogP contribution in [0, 0.1) is 0 Å². The summed E-state index contributed by atoms with van der Waals surface area (Å²) in [4.78, 5) is 23.4. The van der Waals surface area contributed by atoms with Gasteiger partial charge in [-0.15, -0.1) is 0 Å². The van der Waals surface area contributed by atoms with Crippen LogP contribution in [0.15, 0.2) is 24.3 Å². The first kappa shape index (κ1) is 13.1. The van der Waals surface area contributed by atoms with E-state index in [0.29, 0.717) is 17.2 Å². The molecule has 2 rings (SSSR count). The molecule has 1 atom stereocenters. The Bertz CT molecular complexity index is 438. The molecule has 5 heteroatoms. The number of Topliss-reactive ketones (excluding diaryl/α,β-unsaturated/α-hetero) is 1. The van der Waals surface area contributed by atoms with E-state index in [1.54, 1.807) is 24.3 Å². The van der Waals surface area contributed by atoms with Crippen molar-refractivity contribution >= 4 is 23.3 Å². The molecule has 0 spiro atoms. The van der Waals surface area contributed by atoms with Gasteiger partial charge in [-0.25, -0.2) is 0 Å². The molecule has 1 aliphatic rings. The first-order valence-corrected chi connectivity index (χ1v) is 6.22. The Balaban J connectivity index is 1.84. The molecule has 0 aliphatic carbocycles. The van der Waals surface area contributed by atoms with E-state index in [1.807, 2.05) is 0 Å². The third-order valence-corrected chi connectivity index (χ3v) is 3.06. The molecule has 0 saturated carbocycles. The fraction of sp³-hybridized carbons (Fsp3) is 0.385. The second-order valence-electron chi connectivity index (χ2n) is 4.15. The minimum Gasteiger partial charge on any atom is -0.368 e. The van der Waals surface area contributed by atoms with Gasteiger partial charge in [-0.2, -0.15) is 0 Å². The van der Waals surface area contributed by atoms with Crippen molar-refractivity contribution in [2.75, 3.05) is 13.2 Å². The zero-order chi connectivity index (χ0) is 13.0. The number of benzene rings is 1. The van der Waals surface area contributed by atoms with Crippen LogP contribution in [0.4, 0.5) is 0 Å². The molecule has 1 aliphatic heterocycles. The maximum atomic E-state index is 11.8. The molecule has 1 amide bonds. The Hall–Kier alpha value is -1.39. The Kier molecular flexibility index (Phi) is 4.33. The Morgan fingerprint density at radius 2 is 2.06 bits per heavy atom. The fourth-order valence-electron chi connectivity index (χ4n) is 1.80. The lowest BCUT2D eigenvalue weighted by molar-refractivity contribution is -0.129. The van der Waals surface area contributed by atoms with Crippen LogP contribution in [0.2, 0.25) is 5.02 Å². The van der Waals surface area contributed by atoms with Crippen LogP contribution in [-0.4, -0.2) is 30.9 Å². The summed E-state index contributed by atoms with van der Waals surface area (Å²) in [5, 5.41) is 3.17. The predicted octanol–water partition coefficient (Wildman–Crippen LogP) is 1.82. The molecule has 0 aromatic heterocycles. The van der Waals surface area contributed by atoms with E-state index in [-0.39, 0.29) is 18.2 Å². The number of ketones is 1. The van der Waals surface area contributed by atoms with Crippen molar-refractivity contribution in [1.29, 1.82) is 0 Å². The number of amides is 1. The molecule has 0 radical (unpaired) electrons. The maximum Gasteiger partial charge on any atom is 0.249 e. The number of carbonyl (C=O) groups excluding carboxylic acids is 2. The maximum absolute atomic E-state index is 11.8. The monoisotopic (exact) mass is 267 g/mol. The SMILES string of the molecule is O=C(CNC(=O)C1CCCO1)c1ccc(Cl)cc1. The lowest BCUT2D eigenvalue weighted by atomic mass is 10.1. The van der Waals surface area contributed by atoms with Crippen LogP contribution in [0.5, 0.6) is 0 Å². The lowest BCUT2D eigenvalue weighted by Gasteiger charge is -2.09. The molecular formula is C13H14ClNO3. The van der Waals surface area contributed by atoms with Gasteiger partial charge in [-0.1, -0.05) is 11.6 Å². The highest BCUT2D eigenvalue weighted by Crippen LogP contribution is 2.12. The first-order chi connectivity index (χ1) is 8.66. The van der Waals surface area contributed by atoms with Crippen LogP contribution in [-0.2, 0) is 9.53 Å². The van der Waals surface area contributed by atoms with Crippen molar-refractivity contribution in [2.45, 2.75) is 18.9 Å². The molecule has 4 nitrogen and oxygen atoms in total. The second kappa shape index (κ2) is 5.98. The molecule has 1 saturated heterocycles. The van der Waals surface area contributed by atoms with E-state index in [2.05, 4.69) is 5.32 Å². The zero-order valence-corrected chi connectivity index (χ0v) is 10.6. The molecule has 1 fully saturated rings. The lowest BCUT2D eigenvalue weighted by Crippen LogP contribution is -2.37. The van der Waals surface area contributed by atoms with Crippen LogP contribution < -0.4 is 5.32 Å². The van der Waals surface area contributed by atoms with Gasteiger partial charge in [0, 0.05) is 17.2 Å². The Morgan fingerprint density at radius 1 is 1.33 bits per heavy atom. The van der Waals surface area contributed by atoms with Gasteiger partial charge in [-0.05, 0) is 37.1 Å². The number of nitrogens with one attached hydrogen (secondary N) is 1. The Labute approximate surface area is 110 Å².